The Morgan fingerprint density at radius 3 is 2.78 bits per heavy atom. The first-order valence-electron chi connectivity index (χ1n) is 6.23. The van der Waals surface area contributed by atoms with Gasteiger partial charge in [-0.2, -0.15) is 0 Å². The van der Waals surface area contributed by atoms with E-state index in [0.29, 0.717) is 27.4 Å². The van der Waals surface area contributed by atoms with Crippen molar-refractivity contribution in [2.75, 3.05) is 0 Å². The average Bonchev–Trinajstić information content (AvgIpc) is 3.17. The molecule has 8 nitrogen and oxygen atoms in total. The predicted octanol–water partition coefficient (Wildman–Crippen LogP) is 2.32. The van der Waals surface area contributed by atoms with Gasteiger partial charge in [-0.15, -0.1) is 11.3 Å². The first-order chi connectivity index (χ1) is 11.1. The highest BCUT2D eigenvalue weighted by Gasteiger charge is 2.15. The zero-order valence-corrected chi connectivity index (χ0v) is 12.9. The van der Waals surface area contributed by atoms with Crippen molar-refractivity contribution in [3.8, 4) is 9.88 Å². The molecule has 0 radical (unpaired) electrons. The molecule has 3 rings (SSSR count). The van der Waals surface area contributed by atoms with Crippen LogP contribution in [0.15, 0.2) is 30.3 Å². The molecule has 0 bridgehead atoms. The van der Waals surface area contributed by atoms with Gasteiger partial charge in [-0.05, 0) is 24.3 Å². The molecular weight excluding hydrogens is 340 g/mol. The number of nitrogens with one attached hydrogen (secondary N) is 2. The van der Waals surface area contributed by atoms with Crippen LogP contribution in [0.2, 0.25) is 0 Å². The van der Waals surface area contributed by atoms with Crippen LogP contribution in [0.3, 0.4) is 0 Å². The molecule has 0 saturated heterocycles. The Bertz CT molecular complexity index is 918. The Labute approximate surface area is 136 Å². The number of carbonyl (C=O) groups is 2. The van der Waals surface area contributed by atoms with Crippen molar-refractivity contribution in [2.24, 2.45) is 0 Å². The lowest BCUT2D eigenvalue weighted by atomic mass is 10.2. The number of nitrogens with zero attached hydrogens (tertiary/aromatic N) is 2. The second-order valence-electron chi connectivity index (χ2n) is 4.31. The number of fused-ring (bicyclic) bond motifs is 1. The summed E-state index contributed by atoms with van der Waals surface area (Å²) in [5.74, 6) is -0.444. The SMILES string of the molecule is O=CNNC(=O)c1ccc2nc(-c3ccc([N+](=O)[O-])s3)sc2c1. The van der Waals surface area contributed by atoms with E-state index < -0.39 is 10.8 Å². The van der Waals surface area contributed by atoms with Gasteiger partial charge in [-0.1, -0.05) is 11.3 Å². The first kappa shape index (κ1) is 15.1. The number of nitro groups is 1. The van der Waals surface area contributed by atoms with E-state index in [1.54, 1.807) is 24.3 Å². The fraction of sp³-hybridized carbons (Fsp3) is 0. The molecule has 0 atom stereocenters. The second kappa shape index (κ2) is 6.10. The first-order valence-corrected chi connectivity index (χ1v) is 7.86. The van der Waals surface area contributed by atoms with Crippen molar-refractivity contribution in [3.05, 3.63) is 46.0 Å². The van der Waals surface area contributed by atoms with E-state index in [2.05, 4.69) is 15.8 Å². The number of aromatic nitrogens is 1. The molecule has 2 aromatic heterocycles. The van der Waals surface area contributed by atoms with Crippen LogP contribution in [0.5, 0.6) is 0 Å². The van der Waals surface area contributed by atoms with Gasteiger partial charge in [-0.3, -0.25) is 30.6 Å². The van der Waals surface area contributed by atoms with E-state index >= 15 is 0 Å². The molecule has 0 unspecified atom stereocenters. The zero-order valence-electron chi connectivity index (χ0n) is 11.3. The Morgan fingerprint density at radius 2 is 2.09 bits per heavy atom. The molecule has 1 aromatic carbocycles. The molecule has 23 heavy (non-hydrogen) atoms. The smallest absolute Gasteiger partial charge is 0.277 e. The molecule has 116 valence electrons. The molecule has 0 saturated carbocycles. The van der Waals surface area contributed by atoms with E-state index in [9.17, 15) is 19.7 Å². The number of rotatable bonds is 5. The Hall–Kier alpha value is -2.85. The third-order valence-corrected chi connectivity index (χ3v) is 5.10. The average molecular weight is 348 g/mol. The summed E-state index contributed by atoms with van der Waals surface area (Å²) in [6, 6.07) is 8.02. The summed E-state index contributed by atoms with van der Waals surface area (Å²) in [6.07, 6.45) is 0.366. The molecule has 3 aromatic rings. The Morgan fingerprint density at radius 1 is 1.26 bits per heavy atom. The van der Waals surface area contributed by atoms with Gasteiger partial charge in [0.25, 0.3) is 5.91 Å². The second-order valence-corrected chi connectivity index (χ2v) is 6.41. The van der Waals surface area contributed by atoms with E-state index in [-0.39, 0.29) is 5.00 Å². The van der Waals surface area contributed by atoms with Crippen LogP contribution in [-0.4, -0.2) is 22.2 Å². The number of carbonyl (C=O) groups excluding carboxylic acids is 2. The highest BCUT2D eigenvalue weighted by Crippen LogP contribution is 2.37. The molecule has 2 amide bonds. The molecule has 0 spiro atoms. The highest BCUT2D eigenvalue weighted by molar-refractivity contribution is 7.26. The summed E-state index contributed by atoms with van der Waals surface area (Å²) in [5.41, 5.74) is 5.38. The van der Waals surface area contributed by atoms with Gasteiger partial charge < -0.3 is 0 Å². The van der Waals surface area contributed by atoms with E-state index in [1.807, 2.05) is 0 Å². The minimum atomic E-state index is -0.444. The van der Waals surface area contributed by atoms with Crippen molar-refractivity contribution in [3.63, 3.8) is 0 Å². The number of hydrogen-bond donors (Lipinski definition) is 2. The number of amides is 2. The number of benzene rings is 1. The summed E-state index contributed by atoms with van der Waals surface area (Å²) in [7, 11) is 0. The fourth-order valence-corrected chi connectivity index (χ4v) is 3.76. The largest absolute Gasteiger partial charge is 0.324 e. The van der Waals surface area contributed by atoms with Crippen LogP contribution in [0.1, 0.15) is 10.4 Å². The number of thiophene rings is 1. The maximum Gasteiger partial charge on any atom is 0.324 e. The summed E-state index contributed by atoms with van der Waals surface area (Å²) in [4.78, 5) is 37.4. The minimum Gasteiger partial charge on any atom is -0.277 e. The Kier molecular flexibility index (Phi) is 4.00. The van der Waals surface area contributed by atoms with Crippen LogP contribution >= 0.6 is 22.7 Å². The van der Waals surface area contributed by atoms with Gasteiger partial charge >= 0.3 is 5.00 Å². The molecule has 0 aliphatic carbocycles. The third kappa shape index (κ3) is 3.03. The van der Waals surface area contributed by atoms with Gasteiger partial charge in [0.15, 0.2) is 0 Å². The quantitative estimate of drug-likeness (QED) is 0.417. The lowest BCUT2D eigenvalue weighted by molar-refractivity contribution is -0.380. The number of thiazole rings is 1. The van der Waals surface area contributed by atoms with Gasteiger partial charge in [0.1, 0.15) is 5.01 Å². The summed E-state index contributed by atoms with van der Waals surface area (Å²) >= 11 is 2.39. The summed E-state index contributed by atoms with van der Waals surface area (Å²) in [6.45, 7) is 0. The minimum absolute atomic E-state index is 0.0549. The van der Waals surface area contributed by atoms with Crippen molar-refractivity contribution in [1.29, 1.82) is 0 Å². The molecule has 10 heteroatoms. The van der Waals surface area contributed by atoms with Gasteiger partial charge in [-0.25, -0.2) is 4.98 Å². The third-order valence-electron chi connectivity index (χ3n) is 2.88. The fourth-order valence-electron chi connectivity index (χ4n) is 1.88. The van der Waals surface area contributed by atoms with Gasteiger partial charge in [0.05, 0.1) is 20.0 Å². The molecule has 0 fully saturated rings. The standard InChI is InChI=1S/C13H8N4O4S2/c18-6-14-16-12(19)7-1-2-8-10(5-7)23-13(15-8)9-3-4-11(22-9)17(20)21/h1-6H,(H,14,18)(H,16,19). The van der Waals surface area contributed by atoms with Crippen LogP contribution in [-0.2, 0) is 4.79 Å². The maximum absolute atomic E-state index is 11.8. The molecule has 2 N–H and O–H groups in total. The van der Waals surface area contributed by atoms with E-state index in [4.69, 9.17) is 0 Å². The van der Waals surface area contributed by atoms with Crippen molar-refractivity contribution in [1.82, 2.24) is 15.8 Å². The molecule has 0 aliphatic rings. The number of hydrazine groups is 1. The monoisotopic (exact) mass is 348 g/mol. The zero-order chi connectivity index (χ0) is 16.4. The van der Waals surface area contributed by atoms with Crippen molar-refractivity contribution < 1.29 is 14.5 Å². The van der Waals surface area contributed by atoms with Crippen molar-refractivity contribution >= 4 is 50.2 Å². The van der Waals surface area contributed by atoms with Crippen LogP contribution in [0.25, 0.3) is 20.1 Å². The summed E-state index contributed by atoms with van der Waals surface area (Å²) < 4.78 is 0.773. The normalized spacial score (nSPS) is 10.4. The van der Waals surface area contributed by atoms with Crippen LogP contribution in [0, 0.1) is 10.1 Å². The van der Waals surface area contributed by atoms with E-state index in [1.165, 1.54) is 17.4 Å². The topological polar surface area (TPSA) is 114 Å². The molecule has 2 heterocycles. The lowest BCUT2D eigenvalue weighted by Gasteiger charge is -2.01. The molecular formula is C13H8N4O4S2. The lowest BCUT2D eigenvalue weighted by Crippen LogP contribution is -2.36. The van der Waals surface area contributed by atoms with Gasteiger partial charge in [0, 0.05) is 11.6 Å². The van der Waals surface area contributed by atoms with Gasteiger partial charge in [0.2, 0.25) is 6.41 Å². The Balaban J connectivity index is 1.93. The van der Waals surface area contributed by atoms with Crippen LogP contribution < -0.4 is 10.9 Å². The molecule has 0 aliphatic heterocycles. The highest BCUT2D eigenvalue weighted by atomic mass is 32.1. The maximum atomic E-state index is 11.8. The summed E-state index contributed by atoms with van der Waals surface area (Å²) in [5, 5.41) is 11.5. The van der Waals surface area contributed by atoms with Crippen LogP contribution in [0.4, 0.5) is 5.00 Å². The van der Waals surface area contributed by atoms with Crippen molar-refractivity contribution in [2.45, 2.75) is 0 Å². The predicted molar refractivity (Wildman–Crippen MR) is 86.3 cm³/mol. The number of hydrogen-bond acceptors (Lipinski definition) is 7. The van der Waals surface area contributed by atoms with E-state index in [0.717, 1.165) is 16.0 Å².